The Labute approximate surface area is 127 Å². The zero-order valence-corrected chi connectivity index (χ0v) is 13.5. The van der Waals surface area contributed by atoms with Crippen LogP contribution in [0.15, 0.2) is 29.2 Å². The number of likely N-dealkylation sites (tertiary alicyclic amines) is 1. The van der Waals surface area contributed by atoms with Crippen molar-refractivity contribution in [3.8, 4) is 0 Å². The summed E-state index contributed by atoms with van der Waals surface area (Å²) in [5, 5.41) is 0. The van der Waals surface area contributed by atoms with Gasteiger partial charge in [0.15, 0.2) is 0 Å². The lowest BCUT2D eigenvalue weighted by Crippen LogP contribution is -2.31. The van der Waals surface area contributed by atoms with Crippen molar-refractivity contribution in [3.05, 3.63) is 29.8 Å². The fourth-order valence-corrected chi connectivity index (χ4v) is 3.33. The summed E-state index contributed by atoms with van der Waals surface area (Å²) >= 11 is 1.91. The Morgan fingerprint density at radius 2 is 2.21 bits per heavy atom. The second-order valence-corrected chi connectivity index (χ2v) is 6.89. The quantitative estimate of drug-likeness (QED) is 0.845. The van der Waals surface area contributed by atoms with Gasteiger partial charge in [-0.3, -0.25) is 4.90 Å². The van der Waals surface area contributed by atoms with Crippen molar-refractivity contribution in [2.24, 2.45) is 11.1 Å². The number of nitrogens with two attached hydrogens (primary N) is 1. The molecular weight excluding hydrogens is 276 g/mol. The van der Waals surface area contributed by atoms with Gasteiger partial charge in [0, 0.05) is 18.0 Å². The molecule has 0 saturated carbocycles. The molecule has 1 heterocycles. The highest BCUT2D eigenvalue weighted by atomic mass is 35.5. The molecule has 1 unspecified atom stereocenters. The van der Waals surface area contributed by atoms with Gasteiger partial charge in [-0.25, -0.2) is 0 Å². The molecule has 1 saturated heterocycles. The third-order valence-electron chi connectivity index (χ3n) is 3.75. The summed E-state index contributed by atoms with van der Waals surface area (Å²) < 4.78 is 0. The summed E-state index contributed by atoms with van der Waals surface area (Å²) in [6, 6.07) is 8.93. The molecule has 1 atom stereocenters. The molecule has 0 bridgehead atoms. The maximum Gasteiger partial charge on any atom is 0.0234 e. The van der Waals surface area contributed by atoms with Gasteiger partial charge in [0.1, 0.15) is 0 Å². The first-order valence-electron chi connectivity index (χ1n) is 6.79. The average Bonchev–Trinajstić information content (AvgIpc) is 2.73. The highest BCUT2D eigenvalue weighted by molar-refractivity contribution is 7.99. The van der Waals surface area contributed by atoms with Crippen molar-refractivity contribution < 1.29 is 0 Å². The fraction of sp³-hybridized carbons (Fsp3) is 0.600. The van der Waals surface area contributed by atoms with Crippen molar-refractivity contribution in [3.63, 3.8) is 0 Å². The third-order valence-corrected chi connectivity index (χ3v) is 4.62. The number of rotatable bonds is 5. The molecule has 0 spiro atoms. The summed E-state index contributed by atoms with van der Waals surface area (Å²) in [6.07, 6.45) is 1.23. The first-order chi connectivity index (χ1) is 8.65. The summed E-state index contributed by atoms with van der Waals surface area (Å²) in [5.74, 6) is 1.14. The monoisotopic (exact) mass is 300 g/mol. The largest absolute Gasteiger partial charge is 0.330 e. The van der Waals surface area contributed by atoms with Gasteiger partial charge in [-0.1, -0.05) is 26.0 Å². The summed E-state index contributed by atoms with van der Waals surface area (Å²) in [7, 11) is 0. The Balaban J connectivity index is 0.00000180. The van der Waals surface area contributed by atoms with Crippen LogP contribution < -0.4 is 5.73 Å². The van der Waals surface area contributed by atoms with E-state index in [0.29, 0.717) is 5.41 Å². The number of halogens is 1. The Kier molecular flexibility index (Phi) is 6.67. The molecule has 1 aliphatic heterocycles. The molecule has 1 aromatic carbocycles. The second kappa shape index (κ2) is 7.53. The van der Waals surface area contributed by atoms with E-state index < -0.39 is 0 Å². The van der Waals surface area contributed by atoms with Crippen LogP contribution in [-0.2, 0) is 6.54 Å². The van der Waals surface area contributed by atoms with E-state index in [0.717, 1.165) is 25.4 Å². The first-order valence-corrected chi connectivity index (χ1v) is 7.78. The van der Waals surface area contributed by atoms with Gasteiger partial charge >= 0.3 is 0 Å². The lowest BCUT2D eigenvalue weighted by Gasteiger charge is -2.22. The van der Waals surface area contributed by atoms with Gasteiger partial charge in [0.05, 0.1) is 0 Å². The van der Waals surface area contributed by atoms with Gasteiger partial charge in [-0.2, -0.15) is 0 Å². The highest BCUT2D eigenvalue weighted by Gasteiger charge is 2.32. The van der Waals surface area contributed by atoms with Gasteiger partial charge in [0.25, 0.3) is 0 Å². The summed E-state index contributed by atoms with van der Waals surface area (Å²) in [6.45, 7) is 8.68. The van der Waals surface area contributed by atoms with Crippen molar-refractivity contribution in [2.75, 3.05) is 25.4 Å². The molecule has 2 N–H and O–H groups in total. The molecule has 0 aliphatic carbocycles. The van der Waals surface area contributed by atoms with E-state index in [4.69, 9.17) is 5.73 Å². The summed E-state index contributed by atoms with van der Waals surface area (Å²) in [4.78, 5) is 3.92. The van der Waals surface area contributed by atoms with Crippen LogP contribution in [0.4, 0.5) is 0 Å². The van der Waals surface area contributed by atoms with Crippen LogP contribution >= 0.6 is 24.2 Å². The van der Waals surface area contributed by atoms with E-state index in [1.54, 1.807) is 0 Å². The Morgan fingerprint density at radius 3 is 2.84 bits per heavy atom. The molecule has 2 rings (SSSR count). The minimum Gasteiger partial charge on any atom is -0.330 e. The predicted octanol–water partition coefficient (Wildman–Crippen LogP) is 3.39. The lowest BCUT2D eigenvalue weighted by molar-refractivity contribution is 0.274. The van der Waals surface area contributed by atoms with E-state index >= 15 is 0 Å². The fourth-order valence-electron chi connectivity index (χ4n) is 2.59. The van der Waals surface area contributed by atoms with E-state index in [1.807, 2.05) is 11.8 Å². The molecule has 4 heteroatoms. The number of benzene rings is 1. The third kappa shape index (κ3) is 4.67. The highest BCUT2D eigenvalue weighted by Crippen LogP contribution is 2.30. The molecule has 0 amide bonds. The number of nitrogens with zero attached hydrogens (tertiary/aromatic N) is 1. The van der Waals surface area contributed by atoms with Crippen molar-refractivity contribution in [1.82, 2.24) is 4.90 Å². The smallest absolute Gasteiger partial charge is 0.0234 e. The molecule has 19 heavy (non-hydrogen) atoms. The maximum atomic E-state index is 5.86. The normalized spacial score (nSPS) is 23.3. The minimum absolute atomic E-state index is 0. The van der Waals surface area contributed by atoms with Gasteiger partial charge < -0.3 is 5.73 Å². The molecule has 108 valence electrons. The Hall–Kier alpha value is -0.220. The van der Waals surface area contributed by atoms with Gasteiger partial charge in [-0.05, 0) is 48.4 Å². The van der Waals surface area contributed by atoms with Crippen LogP contribution in [0.25, 0.3) is 0 Å². The van der Waals surface area contributed by atoms with Crippen LogP contribution in [-0.4, -0.2) is 30.3 Å². The van der Waals surface area contributed by atoms with Crippen molar-refractivity contribution >= 4 is 24.2 Å². The number of hydrogen-bond donors (Lipinski definition) is 1. The number of hydrogen-bond acceptors (Lipinski definition) is 3. The molecule has 2 nitrogen and oxygen atoms in total. The standard InChI is InChI=1S/C15H24N2S.ClH/c1-3-18-14-6-4-5-13(9-14)10-17-8-7-15(2,11-16)12-17;/h4-6,9H,3,7-8,10-12,16H2,1-2H3;1H. The number of thioether (sulfide) groups is 1. The molecular formula is C15H25ClN2S. The average molecular weight is 301 g/mol. The van der Waals surface area contributed by atoms with Gasteiger partial charge in [-0.15, -0.1) is 24.2 Å². The maximum absolute atomic E-state index is 5.86. The van der Waals surface area contributed by atoms with Crippen LogP contribution in [0.2, 0.25) is 0 Å². The SMILES string of the molecule is CCSc1cccc(CN2CCC(C)(CN)C2)c1.Cl. The van der Waals surface area contributed by atoms with Crippen molar-refractivity contribution in [2.45, 2.75) is 31.7 Å². The van der Waals surface area contributed by atoms with Gasteiger partial charge in [0.2, 0.25) is 0 Å². The molecule has 0 radical (unpaired) electrons. The van der Waals surface area contributed by atoms with Crippen LogP contribution in [0.1, 0.15) is 25.8 Å². The Morgan fingerprint density at radius 1 is 1.42 bits per heavy atom. The van der Waals surface area contributed by atoms with E-state index in [2.05, 4.69) is 43.0 Å². The first kappa shape index (κ1) is 16.8. The van der Waals surface area contributed by atoms with E-state index in [1.165, 1.54) is 23.4 Å². The molecule has 1 aromatic rings. The lowest BCUT2D eigenvalue weighted by atomic mass is 9.90. The van der Waals surface area contributed by atoms with Crippen LogP contribution in [0.3, 0.4) is 0 Å². The molecule has 1 fully saturated rings. The molecule has 1 aliphatic rings. The zero-order chi connectivity index (χ0) is 13.0. The minimum atomic E-state index is 0. The van der Waals surface area contributed by atoms with Crippen LogP contribution in [0.5, 0.6) is 0 Å². The Bertz CT molecular complexity index is 399. The van der Waals surface area contributed by atoms with Crippen LogP contribution in [0, 0.1) is 5.41 Å². The van der Waals surface area contributed by atoms with E-state index in [-0.39, 0.29) is 12.4 Å². The zero-order valence-electron chi connectivity index (χ0n) is 11.9. The van der Waals surface area contributed by atoms with Crippen molar-refractivity contribution in [1.29, 1.82) is 0 Å². The topological polar surface area (TPSA) is 29.3 Å². The predicted molar refractivity (Wildman–Crippen MR) is 87.1 cm³/mol. The van der Waals surface area contributed by atoms with E-state index in [9.17, 15) is 0 Å². The second-order valence-electron chi connectivity index (χ2n) is 5.56. The molecule has 0 aromatic heterocycles. The summed E-state index contributed by atoms with van der Waals surface area (Å²) in [5.41, 5.74) is 7.61.